The minimum atomic E-state index is -4.47. The zero-order valence-corrected chi connectivity index (χ0v) is 21.5. The van der Waals surface area contributed by atoms with E-state index in [2.05, 4.69) is 20.2 Å². The van der Waals surface area contributed by atoms with Crippen molar-refractivity contribution >= 4 is 11.9 Å². The molecule has 12 heteroatoms. The van der Waals surface area contributed by atoms with Crippen molar-refractivity contribution < 1.29 is 32.2 Å². The average Bonchev–Trinajstić information content (AvgIpc) is 3.63. The topological polar surface area (TPSA) is 88.5 Å². The van der Waals surface area contributed by atoms with Gasteiger partial charge in [-0.05, 0) is 36.8 Å². The van der Waals surface area contributed by atoms with E-state index in [0.717, 1.165) is 25.1 Å². The van der Waals surface area contributed by atoms with Gasteiger partial charge in [0.1, 0.15) is 6.61 Å². The van der Waals surface area contributed by atoms with Gasteiger partial charge in [-0.25, -0.2) is 4.99 Å². The fraction of sp³-hybridized carbons (Fsp3) is 0.731. The maximum Gasteiger partial charge on any atom is 0.417 e. The first-order valence-electron chi connectivity index (χ1n) is 13.4. The quantitative estimate of drug-likeness (QED) is 0.627. The van der Waals surface area contributed by atoms with Crippen molar-refractivity contribution in [1.82, 2.24) is 20.1 Å². The Hall–Kier alpha value is -2.44. The summed E-state index contributed by atoms with van der Waals surface area (Å²) in [5.41, 5.74) is -0.330. The first kappa shape index (κ1) is 25.8. The Balaban J connectivity index is 1.23. The molecule has 5 aliphatic rings. The number of alkyl halides is 3. The zero-order valence-electron chi connectivity index (χ0n) is 21.5. The molecule has 5 heterocycles. The number of methoxy groups -OCH3 is 1. The third-order valence-corrected chi connectivity index (χ3v) is 8.85. The van der Waals surface area contributed by atoms with Crippen molar-refractivity contribution in [1.29, 1.82) is 0 Å². The van der Waals surface area contributed by atoms with Crippen LogP contribution in [0, 0.1) is 11.3 Å². The van der Waals surface area contributed by atoms with Crippen LogP contribution in [0.3, 0.4) is 0 Å². The SMILES string of the molecule is COC1COCCC1NC1CC2CN(C3=NCCO3)CC2(C(=O)N2CCc3ncc(C(F)(F)F)cc3C2)C1. The van der Waals surface area contributed by atoms with E-state index in [1.807, 2.05) is 0 Å². The molecule has 1 aromatic rings. The van der Waals surface area contributed by atoms with Gasteiger partial charge in [0.05, 0.1) is 30.2 Å². The monoisotopic (exact) mass is 537 g/mol. The molecule has 1 aliphatic carbocycles. The third-order valence-electron chi connectivity index (χ3n) is 8.85. The summed E-state index contributed by atoms with van der Waals surface area (Å²) in [6, 6.07) is 2.03. The Bertz CT molecular complexity index is 1100. The van der Waals surface area contributed by atoms with Gasteiger partial charge in [-0.3, -0.25) is 9.78 Å². The van der Waals surface area contributed by atoms with Crippen LogP contribution in [0.2, 0.25) is 0 Å². The zero-order chi connectivity index (χ0) is 26.5. The summed E-state index contributed by atoms with van der Waals surface area (Å²) >= 11 is 0. The number of fused-ring (bicyclic) bond motifs is 2. The molecule has 4 aliphatic heterocycles. The first-order valence-corrected chi connectivity index (χ1v) is 13.4. The number of hydrogen-bond acceptors (Lipinski definition) is 8. The van der Waals surface area contributed by atoms with Gasteiger partial charge in [-0.15, -0.1) is 0 Å². The van der Waals surface area contributed by atoms with Crippen LogP contribution >= 0.6 is 0 Å². The number of aliphatic imine (C=N–C) groups is 1. The Kier molecular flexibility index (Phi) is 6.76. The highest BCUT2D eigenvalue weighted by Crippen LogP contribution is 2.51. The van der Waals surface area contributed by atoms with Gasteiger partial charge in [0.2, 0.25) is 5.91 Å². The highest BCUT2D eigenvalue weighted by atomic mass is 19.4. The second-order valence-corrected chi connectivity index (χ2v) is 11.1. The number of hydrogen-bond donors (Lipinski definition) is 1. The number of aromatic nitrogens is 1. The van der Waals surface area contributed by atoms with Gasteiger partial charge in [0.15, 0.2) is 0 Å². The molecule has 1 saturated carbocycles. The summed E-state index contributed by atoms with van der Waals surface area (Å²) in [7, 11) is 1.69. The Morgan fingerprint density at radius 1 is 1.32 bits per heavy atom. The lowest BCUT2D eigenvalue weighted by Crippen LogP contribution is -2.52. The fourth-order valence-electron chi connectivity index (χ4n) is 7.00. The standard InChI is InChI=1S/C26H34F3N5O4/c1-36-22-14-37-6-3-21(22)32-19-9-18-13-34(24-30-4-7-38-24)15-25(18,10-19)23(35)33-5-2-20-16(12-33)8-17(11-31-20)26(27,28)29/h8,11,18-19,21-22,32H,2-7,9-10,12-15H2,1H3. The minimum absolute atomic E-state index is 0.00577. The number of nitrogens with one attached hydrogen (secondary N) is 1. The summed E-state index contributed by atoms with van der Waals surface area (Å²) < 4.78 is 57.0. The number of carbonyl (C=O) groups is 1. The molecule has 1 N–H and O–H groups in total. The molecular weight excluding hydrogens is 503 g/mol. The first-order chi connectivity index (χ1) is 18.3. The van der Waals surface area contributed by atoms with Crippen molar-refractivity contribution in [2.45, 2.75) is 56.6 Å². The van der Waals surface area contributed by atoms with Crippen LogP contribution in [0.4, 0.5) is 13.2 Å². The molecule has 3 fully saturated rings. The number of halogens is 3. The molecule has 1 aromatic heterocycles. The van der Waals surface area contributed by atoms with Crippen molar-refractivity contribution in [3.05, 3.63) is 29.1 Å². The lowest BCUT2D eigenvalue weighted by atomic mass is 9.78. The van der Waals surface area contributed by atoms with Crippen LogP contribution in [0.25, 0.3) is 0 Å². The van der Waals surface area contributed by atoms with Crippen LogP contribution in [-0.2, 0) is 38.1 Å². The second-order valence-electron chi connectivity index (χ2n) is 11.1. The van der Waals surface area contributed by atoms with Gasteiger partial charge in [0, 0.05) is 70.3 Å². The Labute approximate surface area is 219 Å². The Morgan fingerprint density at radius 2 is 2.18 bits per heavy atom. The third kappa shape index (κ3) is 4.64. The van der Waals surface area contributed by atoms with Crippen molar-refractivity contribution in [3.8, 4) is 0 Å². The van der Waals surface area contributed by atoms with Crippen molar-refractivity contribution in [2.24, 2.45) is 16.3 Å². The normalized spacial score (nSPS) is 33.1. The molecule has 1 amide bonds. The van der Waals surface area contributed by atoms with Gasteiger partial charge < -0.3 is 29.3 Å². The van der Waals surface area contributed by atoms with Gasteiger partial charge in [-0.1, -0.05) is 0 Å². The number of likely N-dealkylation sites (tertiary alicyclic amines) is 1. The van der Waals surface area contributed by atoms with Crippen LogP contribution in [0.15, 0.2) is 17.3 Å². The molecule has 6 rings (SSSR count). The molecule has 0 radical (unpaired) electrons. The summed E-state index contributed by atoms with van der Waals surface area (Å²) in [5, 5.41) is 3.76. The highest BCUT2D eigenvalue weighted by molar-refractivity contribution is 5.86. The number of amidine groups is 1. The Morgan fingerprint density at radius 3 is 2.95 bits per heavy atom. The maximum absolute atomic E-state index is 14.3. The van der Waals surface area contributed by atoms with Crippen LogP contribution in [0.1, 0.15) is 36.1 Å². The summed E-state index contributed by atoms with van der Waals surface area (Å²) in [4.78, 5) is 26.7. The number of nitrogens with zero attached hydrogens (tertiary/aromatic N) is 4. The lowest BCUT2D eigenvalue weighted by Gasteiger charge is -2.37. The van der Waals surface area contributed by atoms with Crippen LogP contribution < -0.4 is 5.32 Å². The molecular formula is C26H34F3N5O4. The number of pyridine rings is 1. The van der Waals surface area contributed by atoms with E-state index in [1.165, 1.54) is 0 Å². The summed E-state index contributed by atoms with van der Waals surface area (Å²) in [6.45, 7) is 4.13. The maximum atomic E-state index is 14.3. The fourth-order valence-corrected chi connectivity index (χ4v) is 7.00. The van der Waals surface area contributed by atoms with E-state index in [0.29, 0.717) is 76.1 Å². The molecule has 38 heavy (non-hydrogen) atoms. The largest absolute Gasteiger partial charge is 0.463 e. The van der Waals surface area contributed by atoms with Gasteiger partial charge >= 0.3 is 6.18 Å². The molecule has 5 atom stereocenters. The number of carbonyl (C=O) groups excluding carboxylic acids is 1. The minimum Gasteiger partial charge on any atom is -0.463 e. The second kappa shape index (κ2) is 9.95. The molecule has 0 aromatic carbocycles. The van der Waals surface area contributed by atoms with Crippen molar-refractivity contribution in [3.63, 3.8) is 0 Å². The van der Waals surface area contributed by atoms with Crippen molar-refractivity contribution in [2.75, 3.05) is 53.1 Å². The molecule has 0 bridgehead atoms. The summed E-state index contributed by atoms with van der Waals surface area (Å²) in [5.74, 6) is 0.0903. The van der Waals surface area contributed by atoms with E-state index in [-0.39, 0.29) is 36.6 Å². The molecule has 0 spiro atoms. The molecule has 208 valence electrons. The predicted molar refractivity (Wildman–Crippen MR) is 130 cm³/mol. The van der Waals surface area contributed by atoms with E-state index in [4.69, 9.17) is 14.2 Å². The summed E-state index contributed by atoms with van der Waals surface area (Å²) in [6.07, 6.45) is -0.860. The van der Waals surface area contributed by atoms with Gasteiger partial charge in [-0.2, -0.15) is 13.2 Å². The molecule has 5 unspecified atom stereocenters. The number of ether oxygens (including phenoxy) is 3. The van der Waals surface area contributed by atoms with E-state index >= 15 is 0 Å². The van der Waals surface area contributed by atoms with Gasteiger partial charge in [0.25, 0.3) is 6.02 Å². The van der Waals surface area contributed by atoms with E-state index in [9.17, 15) is 18.0 Å². The molecule has 2 saturated heterocycles. The average molecular weight is 538 g/mol. The number of amides is 1. The van der Waals surface area contributed by atoms with E-state index in [1.54, 1.807) is 12.0 Å². The highest BCUT2D eigenvalue weighted by Gasteiger charge is 2.60. The lowest BCUT2D eigenvalue weighted by molar-refractivity contribution is -0.143. The van der Waals surface area contributed by atoms with E-state index < -0.39 is 17.2 Å². The number of rotatable bonds is 4. The van der Waals surface area contributed by atoms with Crippen LogP contribution in [-0.4, -0.2) is 98.0 Å². The predicted octanol–water partition coefficient (Wildman–Crippen LogP) is 1.85. The molecule has 9 nitrogen and oxygen atoms in total. The van der Waals surface area contributed by atoms with Crippen LogP contribution in [0.5, 0.6) is 0 Å². The smallest absolute Gasteiger partial charge is 0.417 e.